The molecule has 196 valence electrons. The lowest BCUT2D eigenvalue weighted by Crippen LogP contribution is -2.39. The van der Waals surface area contributed by atoms with E-state index in [1.54, 1.807) is 54.6 Å². The zero-order valence-electron chi connectivity index (χ0n) is 20.4. The minimum Gasteiger partial charge on any atom is -0.316 e. The maximum absolute atomic E-state index is 13.4. The van der Waals surface area contributed by atoms with Crippen LogP contribution in [0.15, 0.2) is 93.3 Å². The summed E-state index contributed by atoms with van der Waals surface area (Å²) >= 11 is 15.8. The molecule has 1 heterocycles. The summed E-state index contributed by atoms with van der Waals surface area (Å²) in [5, 5.41) is 5.12. The maximum Gasteiger partial charge on any atom is 0.264 e. The number of hydrazone groups is 1. The number of rotatable bonds is 8. The van der Waals surface area contributed by atoms with Gasteiger partial charge in [0.05, 0.1) is 27.5 Å². The molecule has 3 aromatic carbocycles. The van der Waals surface area contributed by atoms with Crippen LogP contribution in [-0.2, 0) is 14.8 Å². The molecule has 0 atom stereocenters. The number of aromatic nitrogens is 1. The molecule has 0 aliphatic carbocycles. The fourth-order valence-electron chi connectivity index (χ4n) is 3.93. The molecule has 0 fully saturated rings. The van der Waals surface area contributed by atoms with Gasteiger partial charge in [-0.1, -0.05) is 57.3 Å². The van der Waals surface area contributed by atoms with E-state index in [-0.39, 0.29) is 4.90 Å². The first kappa shape index (κ1) is 27.9. The Morgan fingerprint density at radius 2 is 1.71 bits per heavy atom. The largest absolute Gasteiger partial charge is 0.316 e. The van der Waals surface area contributed by atoms with Crippen LogP contribution in [0, 0.1) is 13.8 Å². The third-order valence-corrected chi connectivity index (χ3v) is 8.60. The van der Waals surface area contributed by atoms with Crippen molar-refractivity contribution in [1.82, 2.24) is 9.99 Å². The fraction of sp³-hybridized carbons (Fsp3) is 0.111. The van der Waals surface area contributed by atoms with E-state index in [0.29, 0.717) is 15.7 Å². The van der Waals surface area contributed by atoms with Gasteiger partial charge in [-0.05, 0) is 74.5 Å². The van der Waals surface area contributed by atoms with Crippen LogP contribution < -0.4 is 9.73 Å². The molecule has 7 nitrogen and oxygen atoms in total. The van der Waals surface area contributed by atoms with Gasteiger partial charge in [0.1, 0.15) is 6.54 Å². The Kier molecular flexibility index (Phi) is 8.62. The molecule has 0 aliphatic heterocycles. The molecular formula is C27H23BrCl2N4O3S. The number of carbonyl (C=O) groups is 1. The first-order chi connectivity index (χ1) is 18.1. The highest BCUT2D eigenvalue weighted by Gasteiger charge is 2.27. The van der Waals surface area contributed by atoms with Crippen LogP contribution in [0.1, 0.15) is 17.0 Å². The summed E-state index contributed by atoms with van der Waals surface area (Å²) in [7, 11) is -4.01. The van der Waals surface area contributed by atoms with Gasteiger partial charge in [-0.25, -0.2) is 13.8 Å². The van der Waals surface area contributed by atoms with E-state index < -0.39 is 22.5 Å². The summed E-state index contributed by atoms with van der Waals surface area (Å²) in [6.07, 6.45) is 1.51. The van der Waals surface area contributed by atoms with Crippen LogP contribution in [0.25, 0.3) is 5.69 Å². The second-order valence-corrected chi connectivity index (χ2v) is 12.0. The van der Waals surface area contributed by atoms with E-state index in [1.165, 1.54) is 18.3 Å². The lowest BCUT2D eigenvalue weighted by molar-refractivity contribution is -0.119. The zero-order valence-corrected chi connectivity index (χ0v) is 24.3. The molecule has 0 saturated heterocycles. The molecule has 0 saturated carbocycles. The van der Waals surface area contributed by atoms with Crippen LogP contribution in [-0.4, -0.2) is 31.7 Å². The van der Waals surface area contributed by atoms with Gasteiger partial charge in [-0.2, -0.15) is 5.10 Å². The summed E-state index contributed by atoms with van der Waals surface area (Å²) in [5.74, 6) is -0.599. The SMILES string of the molecule is Cc1cc(/C=N\NC(=O)CN(c2ccc(Br)cc2)S(=O)(=O)c2ccccc2)c(C)n1-c1ccc(Cl)cc1Cl. The van der Waals surface area contributed by atoms with Gasteiger partial charge in [0.15, 0.2) is 0 Å². The first-order valence-corrected chi connectivity index (χ1v) is 14.4. The van der Waals surface area contributed by atoms with E-state index in [0.717, 1.165) is 31.4 Å². The number of hydrogen-bond acceptors (Lipinski definition) is 4. The highest BCUT2D eigenvalue weighted by atomic mass is 79.9. The summed E-state index contributed by atoms with van der Waals surface area (Å²) in [6, 6.07) is 21.8. The molecule has 11 heteroatoms. The normalized spacial score (nSPS) is 11.6. The molecule has 1 aromatic heterocycles. The number of carbonyl (C=O) groups excluding carboxylic acids is 1. The molecule has 0 spiro atoms. The van der Waals surface area contributed by atoms with Crippen molar-refractivity contribution in [2.75, 3.05) is 10.8 Å². The number of nitrogens with zero attached hydrogens (tertiary/aromatic N) is 3. The topological polar surface area (TPSA) is 83.8 Å². The van der Waals surface area contributed by atoms with Crippen molar-refractivity contribution in [2.24, 2.45) is 5.10 Å². The van der Waals surface area contributed by atoms with Crippen molar-refractivity contribution in [2.45, 2.75) is 18.7 Å². The lowest BCUT2D eigenvalue weighted by atomic mass is 10.2. The lowest BCUT2D eigenvalue weighted by Gasteiger charge is -2.23. The fourth-order valence-corrected chi connectivity index (χ4v) is 6.13. The number of sulfonamides is 1. The zero-order chi connectivity index (χ0) is 27.4. The second-order valence-electron chi connectivity index (χ2n) is 8.35. The maximum atomic E-state index is 13.4. The third-order valence-electron chi connectivity index (χ3n) is 5.75. The van der Waals surface area contributed by atoms with Gasteiger partial charge >= 0.3 is 0 Å². The van der Waals surface area contributed by atoms with E-state index in [1.807, 2.05) is 30.5 Å². The molecule has 4 aromatic rings. The average molecular weight is 634 g/mol. The van der Waals surface area contributed by atoms with Gasteiger partial charge in [0.25, 0.3) is 15.9 Å². The van der Waals surface area contributed by atoms with Crippen molar-refractivity contribution >= 4 is 67.0 Å². The summed E-state index contributed by atoms with van der Waals surface area (Å²) in [5.41, 5.74) is 6.09. The predicted octanol–water partition coefficient (Wildman–Crippen LogP) is 6.51. The van der Waals surface area contributed by atoms with Crippen molar-refractivity contribution in [3.05, 3.63) is 110 Å². The Hall–Kier alpha value is -3.11. The van der Waals surface area contributed by atoms with Gasteiger partial charge in [0, 0.05) is 26.4 Å². The standard InChI is InChI=1S/C27H23BrCl2N4O3S/c1-18-14-20(19(2)34(18)26-13-10-22(29)15-25(26)30)16-31-32-27(35)17-33(23-11-8-21(28)9-12-23)38(36,37)24-6-4-3-5-7-24/h3-16H,17H2,1-2H3,(H,32,35)/b31-16-. The minimum absolute atomic E-state index is 0.0764. The molecule has 0 aliphatic rings. The molecule has 0 bridgehead atoms. The number of amides is 1. The van der Waals surface area contributed by atoms with Crippen LogP contribution >= 0.6 is 39.1 Å². The van der Waals surface area contributed by atoms with Crippen LogP contribution in [0.4, 0.5) is 5.69 Å². The monoisotopic (exact) mass is 632 g/mol. The molecule has 38 heavy (non-hydrogen) atoms. The molecule has 4 rings (SSSR count). The number of benzene rings is 3. The van der Waals surface area contributed by atoms with Crippen LogP contribution in [0.2, 0.25) is 10.0 Å². The van der Waals surface area contributed by atoms with E-state index in [4.69, 9.17) is 23.2 Å². The predicted molar refractivity (Wildman–Crippen MR) is 156 cm³/mol. The second kappa shape index (κ2) is 11.7. The van der Waals surface area contributed by atoms with Gasteiger partial charge in [-0.3, -0.25) is 9.10 Å². The van der Waals surface area contributed by atoms with Crippen LogP contribution in [0.3, 0.4) is 0 Å². The minimum atomic E-state index is -4.01. The molecule has 0 radical (unpaired) electrons. The number of halogens is 3. The Morgan fingerprint density at radius 3 is 2.37 bits per heavy atom. The molecule has 0 unspecified atom stereocenters. The Balaban J connectivity index is 1.55. The van der Waals surface area contributed by atoms with E-state index >= 15 is 0 Å². The van der Waals surface area contributed by atoms with Crippen LogP contribution in [0.5, 0.6) is 0 Å². The summed E-state index contributed by atoms with van der Waals surface area (Å²) in [4.78, 5) is 12.9. The quantitative estimate of drug-likeness (QED) is 0.177. The van der Waals surface area contributed by atoms with E-state index in [2.05, 4.69) is 26.5 Å². The van der Waals surface area contributed by atoms with Crippen molar-refractivity contribution in [3.63, 3.8) is 0 Å². The highest BCUT2D eigenvalue weighted by molar-refractivity contribution is 9.10. The van der Waals surface area contributed by atoms with Crippen molar-refractivity contribution < 1.29 is 13.2 Å². The Labute approximate surface area is 239 Å². The molecule has 1 amide bonds. The number of aryl methyl sites for hydroxylation is 1. The summed E-state index contributed by atoms with van der Waals surface area (Å²) in [6.45, 7) is 3.37. The smallest absolute Gasteiger partial charge is 0.264 e. The highest BCUT2D eigenvalue weighted by Crippen LogP contribution is 2.29. The van der Waals surface area contributed by atoms with Crippen molar-refractivity contribution in [3.8, 4) is 5.69 Å². The number of nitrogens with one attached hydrogen (secondary N) is 1. The number of hydrogen-bond donors (Lipinski definition) is 1. The van der Waals surface area contributed by atoms with Gasteiger partial charge in [0.2, 0.25) is 0 Å². The van der Waals surface area contributed by atoms with Gasteiger partial charge in [-0.15, -0.1) is 0 Å². The van der Waals surface area contributed by atoms with E-state index in [9.17, 15) is 13.2 Å². The molecule has 1 N–H and O–H groups in total. The summed E-state index contributed by atoms with van der Waals surface area (Å²) < 4.78 is 30.6. The molecular weight excluding hydrogens is 611 g/mol. The average Bonchev–Trinajstić information content (AvgIpc) is 3.16. The third kappa shape index (κ3) is 6.13. The first-order valence-electron chi connectivity index (χ1n) is 11.4. The van der Waals surface area contributed by atoms with Crippen molar-refractivity contribution in [1.29, 1.82) is 0 Å². The van der Waals surface area contributed by atoms with Gasteiger partial charge < -0.3 is 4.57 Å². The number of anilines is 1. The Morgan fingerprint density at radius 1 is 1.03 bits per heavy atom. The Bertz CT molecular complexity index is 1610.